The molecule has 76 valence electrons. The second-order valence-electron chi connectivity index (χ2n) is 2.43. The standard InChI is InChI=1S/C6H9BN2O5/c1-9-4(6(10)13-2)3-5(8-9)14-7(11)12/h3,11-12H,1-2H3. The van der Waals surface area contributed by atoms with Gasteiger partial charge in [-0.15, -0.1) is 5.10 Å². The molecule has 0 aliphatic carbocycles. The molecule has 0 amide bonds. The number of carbonyl (C=O) groups is 1. The second-order valence-corrected chi connectivity index (χ2v) is 2.43. The number of rotatable bonds is 3. The minimum atomic E-state index is -1.96. The third-order valence-electron chi connectivity index (χ3n) is 1.48. The third kappa shape index (κ3) is 2.24. The molecule has 0 unspecified atom stereocenters. The molecular weight excluding hydrogens is 191 g/mol. The first-order chi connectivity index (χ1) is 6.54. The van der Waals surface area contributed by atoms with Crippen molar-refractivity contribution in [2.24, 2.45) is 7.05 Å². The fraction of sp³-hybridized carbons (Fsp3) is 0.333. The molecule has 0 saturated carbocycles. The summed E-state index contributed by atoms with van der Waals surface area (Å²) >= 11 is 0. The molecule has 0 saturated heterocycles. The Morgan fingerprint density at radius 2 is 2.29 bits per heavy atom. The fourth-order valence-electron chi connectivity index (χ4n) is 0.902. The largest absolute Gasteiger partial charge is 0.708 e. The molecule has 8 heteroatoms. The van der Waals surface area contributed by atoms with Crippen LogP contribution in [0.15, 0.2) is 6.07 Å². The third-order valence-corrected chi connectivity index (χ3v) is 1.48. The van der Waals surface area contributed by atoms with E-state index in [0.29, 0.717) is 0 Å². The monoisotopic (exact) mass is 200 g/mol. The molecule has 0 aliphatic rings. The van der Waals surface area contributed by atoms with Crippen molar-refractivity contribution in [3.05, 3.63) is 11.8 Å². The Balaban J connectivity index is 2.87. The molecule has 0 aliphatic heterocycles. The maximum Gasteiger partial charge on any atom is 0.708 e. The molecule has 1 heterocycles. The Morgan fingerprint density at radius 3 is 2.79 bits per heavy atom. The number of hydrogen-bond acceptors (Lipinski definition) is 6. The molecule has 2 N–H and O–H groups in total. The first-order valence-corrected chi connectivity index (χ1v) is 3.69. The summed E-state index contributed by atoms with van der Waals surface area (Å²) < 4.78 is 10.1. The molecule has 0 radical (unpaired) electrons. The highest BCUT2D eigenvalue weighted by Gasteiger charge is 2.18. The van der Waals surface area contributed by atoms with Gasteiger partial charge in [0.25, 0.3) is 0 Å². The van der Waals surface area contributed by atoms with Crippen LogP contribution in [0, 0.1) is 0 Å². The normalized spacial score (nSPS) is 9.71. The Morgan fingerprint density at radius 1 is 1.64 bits per heavy atom. The van der Waals surface area contributed by atoms with Crippen LogP contribution in [0.2, 0.25) is 0 Å². The van der Waals surface area contributed by atoms with E-state index < -0.39 is 13.3 Å². The van der Waals surface area contributed by atoms with Crippen LogP contribution in [0.3, 0.4) is 0 Å². The highest BCUT2D eigenvalue weighted by Crippen LogP contribution is 2.11. The van der Waals surface area contributed by atoms with Gasteiger partial charge in [0.1, 0.15) is 5.69 Å². The van der Waals surface area contributed by atoms with Crippen molar-refractivity contribution in [3.8, 4) is 5.88 Å². The molecule has 1 aromatic rings. The highest BCUT2D eigenvalue weighted by atomic mass is 16.6. The van der Waals surface area contributed by atoms with Gasteiger partial charge in [0, 0.05) is 13.1 Å². The second kappa shape index (κ2) is 4.12. The molecular formula is C6H9BN2O5. The molecule has 0 fully saturated rings. The molecule has 1 aromatic heterocycles. The van der Waals surface area contributed by atoms with E-state index in [1.165, 1.54) is 24.9 Å². The lowest BCUT2D eigenvalue weighted by molar-refractivity contribution is 0.0588. The minimum absolute atomic E-state index is 0.0668. The minimum Gasteiger partial charge on any atom is -0.497 e. The van der Waals surface area contributed by atoms with Crippen molar-refractivity contribution in [3.63, 3.8) is 0 Å². The van der Waals surface area contributed by atoms with Crippen molar-refractivity contribution < 1.29 is 24.2 Å². The number of aryl methyl sites for hydroxylation is 1. The number of methoxy groups -OCH3 is 1. The smallest absolute Gasteiger partial charge is 0.497 e. The summed E-state index contributed by atoms with van der Waals surface area (Å²) in [6.45, 7) is 0. The van der Waals surface area contributed by atoms with Crippen LogP contribution in [0.4, 0.5) is 0 Å². The average Bonchev–Trinajstić information content (AvgIpc) is 2.44. The molecule has 0 atom stereocenters. The highest BCUT2D eigenvalue weighted by molar-refractivity contribution is 6.33. The summed E-state index contributed by atoms with van der Waals surface area (Å²) in [7, 11) is 0.773. The number of aromatic nitrogens is 2. The van der Waals surface area contributed by atoms with E-state index >= 15 is 0 Å². The van der Waals surface area contributed by atoms with Gasteiger partial charge in [-0.3, -0.25) is 4.68 Å². The predicted octanol–water partition coefficient (Wildman–Crippen LogP) is -1.45. The molecule has 1 rings (SSSR count). The van der Waals surface area contributed by atoms with Gasteiger partial charge in [-0.2, -0.15) is 0 Å². The van der Waals surface area contributed by atoms with Crippen molar-refractivity contribution in [1.29, 1.82) is 0 Å². The molecule has 0 bridgehead atoms. The van der Waals surface area contributed by atoms with E-state index in [4.69, 9.17) is 10.0 Å². The van der Waals surface area contributed by atoms with Crippen molar-refractivity contribution in [2.45, 2.75) is 0 Å². The summed E-state index contributed by atoms with van der Waals surface area (Å²) in [6, 6.07) is 1.24. The number of carbonyl (C=O) groups excluding carboxylic acids is 1. The van der Waals surface area contributed by atoms with Crippen LogP contribution in [-0.4, -0.2) is 40.2 Å². The fourth-order valence-corrected chi connectivity index (χ4v) is 0.902. The van der Waals surface area contributed by atoms with Crippen molar-refractivity contribution in [2.75, 3.05) is 7.11 Å². The molecule has 0 aromatic carbocycles. The maximum atomic E-state index is 11.1. The van der Waals surface area contributed by atoms with Crippen LogP contribution in [0.25, 0.3) is 0 Å². The topological polar surface area (TPSA) is 93.8 Å². The van der Waals surface area contributed by atoms with Gasteiger partial charge < -0.3 is 19.4 Å². The van der Waals surface area contributed by atoms with Crippen molar-refractivity contribution in [1.82, 2.24) is 9.78 Å². The number of hydrogen-bond donors (Lipinski definition) is 2. The lowest BCUT2D eigenvalue weighted by Crippen LogP contribution is -2.20. The van der Waals surface area contributed by atoms with Crippen LogP contribution in [0.5, 0.6) is 5.88 Å². The molecule has 14 heavy (non-hydrogen) atoms. The first kappa shape index (κ1) is 10.5. The van der Waals surface area contributed by atoms with Gasteiger partial charge in [0.15, 0.2) is 0 Å². The number of esters is 1. The van der Waals surface area contributed by atoms with Gasteiger partial charge in [0.05, 0.1) is 7.11 Å². The van der Waals surface area contributed by atoms with Crippen LogP contribution >= 0.6 is 0 Å². The lowest BCUT2D eigenvalue weighted by atomic mass is 10.3. The van der Waals surface area contributed by atoms with Gasteiger partial charge >= 0.3 is 13.3 Å². The quantitative estimate of drug-likeness (QED) is 0.458. The van der Waals surface area contributed by atoms with E-state index in [1.807, 2.05) is 0 Å². The van der Waals surface area contributed by atoms with E-state index in [1.54, 1.807) is 0 Å². The van der Waals surface area contributed by atoms with Gasteiger partial charge in [0.2, 0.25) is 5.88 Å². The van der Waals surface area contributed by atoms with Crippen molar-refractivity contribution >= 4 is 13.3 Å². The first-order valence-electron chi connectivity index (χ1n) is 3.69. The zero-order chi connectivity index (χ0) is 10.7. The summed E-state index contributed by atoms with van der Waals surface area (Å²) in [5, 5.41) is 20.6. The average molecular weight is 200 g/mol. The summed E-state index contributed by atoms with van der Waals surface area (Å²) in [4.78, 5) is 11.1. The lowest BCUT2D eigenvalue weighted by Gasteiger charge is -1.96. The van der Waals surface area contributed by atoms with Gasteiger partial charge in [-0.1, -0.05) is 0 Å². The van der Waals surface area contributed by atoms with E-state index in [9.17, 15) is 4.79 Å². The van der Waals surface area contributed by atoms with Gasteiger partial charge in [-0.25, -0.2) is 4.79 Å². The maximum absolute atomic E-state index is 11.1. The Hall–Kier alpha value is -1.54. The van der Waals surface area contributed by atoms with Crippen LogP contribution in [-0.2, 0) is 11.8 Å². The molecule has 0 spiro atoms. The molecule has 7 nitrogen and oxygen atoms in total. The Kier molecular flexibility index (Phi) is 3.10. The Labute approximate surface area is 80.0 Å². The van der Waals surface area contributed by atoms with Gasteiger partial charge in [-0.05, 0) is 0 Å². The zero-order valence-electron chi connectivity index (χ0n) is 7.67. The summed E-state index contributed by atoms with van der Waals surface area (Å²) in [5.74, 6) is -0.648. The van der Waals surface area contributed by atoms with Crippen LogP contribution < -0.4 is 4.65 Å². The number of nitrogens with zero attached hydrogens (tertiary/aromatic N) is 2. The van der Waals surface area contributed by atoms with E-state index in [0.717, 1.165) is 0 Å². The van der Waals surface area contributed by atoms with Crippen LogP contribution in [0.1, 0.15) is 10.5 Å². The SMILES string of the molecule is COC(=O)c1cc(OB(O)O)nn1C. The zero-order valence-corrected chi connectivity index (χ0v) is 7.67. The Bertz CT molecular complexity index is 337. The summed E-state index contributed by atoms with van der Waals surface area (Å²) in [6.07, 6.45) is 0. The summed E-state index contributed by atoms with van der Waals surface area (Å²) in [5.41, 5.74) is 0.156. The number of ether oxygens (including phenoxy) is 1. The predicted molar refractivity (Wildman–Crippen MR) is 45.4 cm³/mol. The van der Waals surface area contributed by atoms with E-state index in [-0.39, 0.29) is 11.6 Å². The van der Waals surface area contributed by atoms with E-state index in [2.05, 4.69) is 14.5 Å².